The van der Waals surface area contributed by atoms with Crippen molar-refractivity contribution in [2.45, 2.75) is 37.4 Å². The molecular weight excluding hydrogens is 312 g/mol. The Kier molecular flexibility index (Phi) is 5.17. The monoisotopic (exact) mass is 332 g/mol. The summed E-state index contributed by atoms with van der Waals surface area (Å²) >= 11 is 1.43. The van der Waals surface area contributed by atoms with E-state index in [9.17, 15) is 4.79 Å². The molecule has 2 aromatic rings. The minimum absolute atomic E-state index is 0.0783. The molecule has 0 atom stereocenters. The van der Waals surface area contributed by atoms with Gasteiger partial charge in [-0.05, 0) is 25.0 Å². The number of nitrogens with one attached hydrogen (secondary N) is 1. The van der Waals surface area contributed by atoms with Crippen molar-refractivity contribution in [2.24, 2.45) is 0 Å². The Balaban J connectivity index is 1.60. The number of nitrogens with zero attached hydrogens (tertiary/aromatic N) is 3. The van der Waals surface area contributed by atoms with Crippen LogP contribution in [0.15, 0.2) is 29.4 Å². The molecule has 0 fully saturated rings. The Labute approximate surface area is 139 Å². The summed E-state index contributed by atoms with van der Waals surface area (Å²) in [6.45, 7) is 0.943. The summed E-state index contributed by atoms with van der Waals surface area (Å²) in [4.78, 5) is 12.2. The topological polar surface area (TPSA) is 69.0 Å². The SMILES string of the molecule is COc1ccccc1NC(=O)CSc1nnc2n1CCCCC2. The molecule has 2 heterocycles. The molecule has 0 radical (unpaired) electrons. The number of hydrogen-bond acceptors (Lipinski definition) is 5. The number of methoxy groups -OCH3 is 1. The van der Waals surface area contributed by atoms with Crippen LogP contribution in [-0.2, 0) is 17.8 Å². The summed E-state index contributed by atoms with van der Waals surface area (Å²) in [6.07, 6.45) is 4.51. The number of amides is 1. The van der Waals surface area contributed by atoms with E-state index in [0.29, 0.717) is 17.2 Å². The van der Waals surface area contributed by atoms with Gasteiger partial charge in [-0.15, -0.1) is 10.2 Å². The second-order valence-electron chi connectivity index (χ2n) is 5.40. The lowest BCUT2D eigenvalue weighted by Gasteiger charge is -2.10. The van der Waals surface area contributed by atoms with E-state index < -0.39 is 0 Å². The maximum atomic E-state index is 12.2. The minimum atomic E-state index is -0.0783. The van der Waals surface area contributed by atoms with Crippen LogP contribution < -0.4 is 10.1 Å². The highest BCUT2D eigenvalue weighted by Gasteiger charge is 2.16. The predicted octanol–water partition coefficient (Wildman–Crippen LogP) is 2.74. The summed E-state index contributed by atoms with van der Waals surface area (Å²) in [7, 11) is 1.59. The van der Waals surface area contributed by atoms with Gasteiger partial charge in [-0.2, -0.15) is 0 Å². The van der Waals surface area contributed by atoms with E-state index in [1.807, 2.05) is 24.3 Å². The van der Waals surface area contributed by atoms with Crippen LogP contribution in [0.1, 0.15) is 25.1 Å². The third-order valence-electron chi connectivity index (χ3n) is 3.79. The average Bonchev–Trinajstić information content (AvgIpc) is 2.80. The number of carbonyl (C=O) groups excluding carboxylic acids is 1. The second-order valence-corrected chi connectivity index (χ2v) is 6.34. The molecule has 0 saturated carbocycles. The molecule has 1 aromatic heterocycles. The molecule has 122 valence electrons. The fraction of sp³-hybridized carbons (Fsp3) is 0.438. The van der Waals surface area contributed by atoms with Gasteiger partial charge in [-0.1, -0.05) is 30.3 Å². The number of para-hydroxylation sites is 2. The Hall–Kier alpha value is -2.02. The van der Waals surface area contributed by atoms with Crippen LogP contribution in [0.2, 0.25) is 0 Å². The van der Waals surface area contributed by atoms with Crippen molar-refractivity contribution in [1.29, 1.82) is 0 Å². The molecule has 0 aliphatic carbocycles. The van der Waals surface area contributed by atoms with Crippen LogP contribution in [0.3, 0.4) is 0 Å². The molecular formula is C16H20N4O2S. The van der Waals surface area contributed by atoms with E-state index in [1.165, 1.54) is 18.2 Å². The number of hydrogen-bond donors (Lipinski definition) is 1. The Morgan fingerprint density at radius 1 is 1.30 bits per heavy atom. The molecule has 0 unspecified atom stereocenters. The van der Waals surface area contributed by atoms with E-state index in [0.717, 1.165) is 36.8 Å². The van der Waals surface area contributed by atoms with E-state index >= 15 is 0 Å². The zero-order valence-corrected chi connectivity index (χ0v) is 13.9. The highest BCUT2D eigenvalue weighted by Crippen LogP contribution is 2.25. The van der Waals surface area contributed by atoms with E-state index in [1.54, 1.807) is 7.11 Å². The molecule has 0 spiro atoms. The van der Waals surface area contributed by atoms with Crippen LogP contribution in [0.25, 0.3) is 0 Å². The molecule has 1 aromatic carbocycles. The smallest absolute Gasteiger partial charge is 0.234 e. The van der Waals surface area contributed by atoms with Crippen LogP contribution in [-0.4, -0.2) is 33.5 Å². The lowest BCUT2D eigenvalue weighted by atomic mass is 10.2. The van der Waals surface area contributed by atoms with Gasteiger partial charge >= 0.3 is 0 Å². The van der Waals surface area contributed by atoms with Crippen molar-refractivity contribution in [3.05, 3.63) is 30.1 Å². The largest absolute Gasteiger partial charge is 0.495 e. The molecule has 1 N–H and O–H groups in total. The lowest BCUT2D eigenvalue weighted by molar-refractivity contribution is -0.113. The molecule has 1 aliphatic heterocycles. The standard InChI is InChI=1S/C16H20N4O2S/c1-22-13-8-5-4-7-12(13)17-15(21)11-23-16-19-18-14-9-3-2-6-10-20(14)16/h4-5,7-8H,2-3,6,9-11H2,1H3,(H,17,21). The highest BCUT2D eigenvalue weighted by atomic mass is 32.2. The number of aryl methyl sites for hydroxylation is 1. The maximum absolute atomic E-state index is 12.2. The zero-order chi connectivity index (χ0) is 16.1. The van der Waals surface area contributed by atoms with Gasteiger partial charge in [0.05, 0.1) is 18.6 Å². The Bertz CT molecular complexity index is 686. The number of anilines is 1. The maximum Gasteiger partial charge on any atom is 0.234 e. The van der Waals surface area contributed by atoms with Crippen LogP contribution in [0, 0.1) is 0 Å². The number of rotatable bonds is 5. The van der Waals surface area contributed by atoms with Crippen LogP contribution in [0.5, 0.6) is 5.75 Å². The molecule has 6 nitrogen and oxygen atoms in total. The summed E-state index contributed by atoms with van der Waals surface area (Å²) in [5.74, 6) is 1.92. The van der Waals surface area contributed by atoms with Crippen molar-refractivity contribution >= 4 is 23.4 Å². The van der Waals surface area contributed by atoms with Crippen molar-refractivity contribution in [2.75, 3.05) is 18.2 Å². The van der Waals surface area contributed by atoms with E-state index in [-0.39, 0.29) is 5.91 Å². The summed E-state index contributed by atoms with van der Waals surface area (Å²) in [5.41, 5.74) is 0.681. The number of thioether (sulfide) groups is 1. The minimum Gasteiger partial charge on any atom is -0.495 e. The van der Waals surface area contributed by atoms with Gasteiger partial charge in [0.25, 0.3) is 0 Å². The van der Waals surface area contributed by atoms with Crippen molar-refractivity contribution < 1.29 is 9.53 Å². The highest BCUT2D eigenvalue weighted by molar-refractivity contribution is 7.99. The normalized spacial score (nSPS) is 14.0. The molecule has 7 heteroatoms. The molecule has 0 bridgehead atoms. The van der Waals surface area contributed by atoms with E-state index in [2.05, 4.69) is 20.1 Å². The number of fused-ring (bicyclic) bond motifs is 1. The van der Waals surface area contributed by atoms with Gasteiger partial charge in [0.1, 0.15) is 11.6 Å². The van der Waals surface area contributed by atoms with E-state index in [4.69, 9.17) is 4.74 Å². The molecule has 1 aliphatic rings. The Morgan fingerprint density at radius 2 is 2.17 bits per heavy atom. The Morgan fingerprint density at radius 3 is 3.04 bits per heavy atom. The van der Waals surface area contributed by atoms with Crippen molar-refractivity contribution in [1.82, 2.24) is 14.8 Å². The quantitative estimate of drug-likeness (QED) is 0.853. The first-order valence-corrected chi connectivity index (χ1v) is 8.74. The number of aromatic nitrogens is 3. The third kappa shape index (κ3) is 3.85. The molecule has 0 saturated heterocycles. The van der Waals surface area contributed by atoms with Gasteiger partial charge in [-0.25, -0.2) is 0 Å². The van der Waals surface area contributed by atoms with Gasteiger partial charge in [0.15, 0.2) is 5.16 Å². The molecule has 23 heavy (non-hydrogen) atoms. The third-order valence-corrected chi connectivity index (χ3v) is 4.76. The summed E-state index contributed by atoms with van der Waals surface area (Å²) in [6, 6.07) is 7.38. The first-order valence-electron chi connectivity index (χ1n) is 7.75. The first-order chi connectivity index (χ1) is 11.3. The molecule has 1 amide bonds. The fourth-order valence-corrected chi connectivity index (χ4v) is 3.41. The number of ether oxygens (including phenoxy) is 1. The van der Waals surface area contributed by atoms with Crippen LogP contribution in [0.4, 0.5) is 5.69 Å². The second kappa shape index (κ2) is 7.50. The lowest BCUT2D eigenvalue weighted by Crippen LogP contribution is -2.15. The van der Waals surface area contributed by atoms with Gasteiger partial charge in [-0.3, -0.25) is 4.79 Å². The average molecular weight is 332 g/mol. The van der Waals surface area contributed by atoms with Crippen molar-refractivity contribution in [3.8, 4) is 5.75 Å². The number of benzene rings is 1. The zero-order valence-electron chi connectivity index (χ0n) is 13.1. The predicted molar refractivity (Wildman–Crippen MR) is 89.9 cm³/mol. The van der Waals surface area contributed by atoms with Crippen LogP contribution >= 0.6 is 11.8 Å². The molecule has 3 rings (SSSR count). The van der Waals surface area contributed by atoms with Gasteiger partial charge in [0.2, 0.25) is 5.91 Å². The van der Waals surface area contributed by atoms with Crippen molar-refractivity contribution in [3.63, 3.8) is 0 Å². The van der Waals surface area contributed by atoms with Gasteiger partial charge < -0.3 is 14.6 Å². The summed E-state index contributed by atoms with van der Waals surface area (Å²) < 4.78 is 7.38. The summed E-state index contributed by atoms with van der Waals surface area (Å²) in [5, 5.41) is 12.2. The first kappa shape index (κ1) is 15.9. The fourth-order valence-electron chi connectivity index (χ4n) is 2.63. The van der Waals surface area contributed by atoms with Gasteiger partial charge in [0, 0.05) is 13.0 Å². The number of carbonyl (C=O) groups is 1.